The van der Waals surface area contributed by atoms with E-state index >= 15 is 0 Å². The molecule has 156 valence electrons. The summed E-state index contributed by atoms with van der Waals surface area (Å²) in [5.41, 5.74) is 6.54. The van der Waals surface area contributed by atoms with Gasteiger partial charge in [-0.2, -0.15) is 5.26 Å². The summed E-state index contributed by atoms with van der Waals surface area (Å²) in [6.45, 7) is 6.28. The van der Waals surface area contributed by atoms with Crippen LogP contribution in [0.4, 0.5) is 0 Å². The molecule has 1 N–H and O–H groups in total. The number of ether oxygens (including phenoxy) is 1. The molecule has 31 heavy (non-hydrogen) atoms. The number of phenolic OH excluding ortho intramolecular Hbond substituents is 1. The van der Waals surface area contributed by atoms with Gasteiger partial charge in [-0.05, 0) is 72.9 Å². The highest BCUT2D eigenvalue weighted by molar-refractivity contribution is 5.74. The number of aromatic hydroxyl groups is 1. The quantitative estimate of drug-likeness (QED) is 0.453. The van der Waals surface area contributed by atoms with E-state index in [2.05, 4.69) is 11.1 Å². The van der Waals surface area contributed by atoms with E-state index in [-0.39, 0.29) is 11.9 Å². The fourth-order valence-corrected chi connectivity index (χ4v) is 3.44. The first-order valence-electron chi connectivity index (χ1n) is 10.2. The highest BCUT2D eigenvalue weighted by Crippen LogP contribution is 2.33. The average Bonchev–Trinajstić information content (AvgIpc) is 2.79. The Bertz CT molecular complexity index is 1140. The number of nitriles is 1. The summed E-state index contributed by atoms with van der Waals surface area (Å²) in [6, 6.07) is 23.2. The Hall–Kier alpha value is -3.68. The Morgan fingerprint density at radius 1 is 1.10 bits per heavy atom. The summed E-state index contributed by atoms with van der Waals surface area (Å²) in [6.07, 6.45) is 3.21. The van der Waals surface area contributed by atoms with Crippen molar-refractivity contribution < 1.29 is 9.84 Å². The maximum Gasteiger partial charge on any atom is 0.115 e. The van der Waals surface area contributed by atoms with Crippen molar-refractivity contribution in [3.05, 3.63) is 101 Å². The number of benzene rings is 3. The molecule has 0 heterocycles. The molecule has 0 saturated carbocycles. The van der Waals surface area contributed by atoms with Gasteiger partial charge in [0.2, 0.25) is 0 Å². The second-order valence-electron chi connectivity index (χ2n) is 7.37. The Labute approximate surface area is 183 Å². The van der Waals surface area contributed by atoms with Gasteiger partial charge < -0.3 is 9.84 Å². The second-order valence-corrected chi connectivity index (χ2v) is 7.37. The van der Waals surface area contributed by atoms with Crippen LogP contribution >= 0.6 is 0 Å². The molecule has 0 aliphatic heterocycles. The van der Waals surface area contributed by atoms with E-state index in [1.54, 1.807) is 24.5 Å². The standard InChI is InChI=1S/C27H26N2O2/c1-4-29-17-20(3)27(31-18-21-9-13-24(30)14-10-21)22-11-12-23(16-28)26(15-22)25-8-6-5-7-19(25)2/h4-15,17,27,30H,18H2,1-3H3/b20-17+,29-4?. The summed E-state index contributed by atoms with van der Waals surface area (Å²) in [7, 11) is 0. The molecule has 0 aromatic heterocycles. The maximum atomic E-state index is 9.67. The van der Waals surface area contributed by atoms with Crippen molar-refractivity contribution in [2.75, 3.05) is 0 Å². The molecule has 0 bridgehead atoms. The van der Waals surface area contributed by atoms with Crippen LogP contribution in [-0.4, -0.2) is 11.3 Å². The van der Waals surface area contributed by atoms with Gasteiger partial charge in [0.15, 0.2) is 0 Å². The van der Waals surface area contributed by atoms with E-state index in [1.807, 2.05) is 75.4 Å². The molecule has 1 atom stereocenters. The highest BCUT2D eigenvalue weighted by Gasteiger charge is 2.18. The third kappa shape index (κ3) is 5.48. The van der Waals surface area contributed by atoms with Crippen molar-refractivity contribution >= 4 is 6.21 Å². The molecule has 4 nitrogen and oxygen atoms in total. The van der Waals surface area contributed by atoms with Crippen LogP contribution in [0.25, 0.3) is 11.1 Å². The molecule has 0 radical (unpaired) electrons. The molecule has 0 aliphatic rings. The zero-order valence-corrected chi connectivity index (χ0v) is 18.0. The van der Waals surface area contributed by atoms with Gasteiger partial charge >= 0.3 is 0 Å². The number of phenols is 1. The molecule has 3 rings (SSSR count). The van der Waals surface area contributed by atoms with Gasteiger partial charge in [-0.15, -0.1) is 0 Å². The third-order valence-electron chi connectivity index (χ3n) is 5.10. The minimum Gasteiger partial charge on any atom is -0.508 e. The predicted octanol–water partition coefficient (Wildman–Crippen LogP) is 6.49. The van der Waals surface area contributed by atoms with Gasteiger partial charge in [-0.3, -0.25) is 4.99 Å². The van der Waals surface area contributed by atoms with Crippen molar-refractivity contribution in [3.63, 3.8) is 0 Å². The summed E-state index contributed by atoms with van der Waals surface area (Å²) in [4.78, 5) is 4.26. The molecule has 3 aromatic carbocycles. The summed E-state index contributed by atoms with van der Waals surface area (Å²) >= 11 is 0. The number of rotatable bonds is 7. The maximum absolute atomic E-state index is 9.67. The lowest BCUT2D eigenvalue weighted by molar-refractivity contribution is 0.0639. The Morgan fingerprint density at radius 3 is 2.52 bits per heavy atom. The number of aryl methyl sites for hydroxylation is 1. The Balaban J connectivity index is 2.02. The van der Waals surface area contributed by atoms with Crippen LogP contribution in [0.1, 0.15) is 42.2 Å². The second kappa shape index (κ2) is 10.4. The lowest BCUT2D eigenvalue weighted by Crippen LogP contribution is -2.07. The van der Waals surface area contributed by atoms with Crippen LogP contribution in [0.15, 0.2) is 83.5 Å². The van der Waals surface area contributed by atoms with Crippen LogP contribution in [0.2, 0.25) is 0 Å². The van der Waals surface area contributed by atoms with Crippen molar-refractivity contribution in [3.8, 4) is 22.9 Å². The number of hydrogen-bond donors (Lipinski definition) is 1. The van der Waals surface area contributed by atoms with Gasteiger partial charge in [-0.1, -0.05) is 42.5 Å². The fraction of sp³-hybridized carbons (Fsp3) is 0.185. The smallest absolute Gasteiger partial charge is 0.115 e. The third-order valence-corrected chi connectivity index (χ3v) is 5.10. The summed E-state index contributed by atoms with van der Waals surface area (Å²) < 4.78 is 6.30. The van der Waals surface area contributed by atoms with Gasteiger partial charge in [0.1, 0.15) is 11.9 Å². The molecule has 0 amide bonds. The monoisotopic (exact) mass is 410 g/mol. The molecular weight excluding hydrogens is 384 g/mol. The first-order valence-corrected chi connectivity index (χ1v) is 10.2. The van der Waals surface area contributed by atoms with Gasteiger partial charge in [0.05, 0.1) is 18.2 Å². The number of aliphatic imine (C=N–C) groups is 1. The van der Waals surface area contributed by atoms with E-state index in [0.29, 0.717) is 12.2 Å². The molecule has 0 aliphatic carbocycles. The Morgan fingerprint density at radius 2 is 1.84 bits per heavy atom. The fourth-order valence-electron chi connectivity index (χ4n) is 3.44. The molecule has 0 spiro atoms. The normalized spacial score (nSPS) is 12.6. The van der Waals surface area contributed by atoms with Crippen molar-refractivity contribution in [2.45, 2.75) is 33.5 Å². The molecule has 4 heteroatoms. The van der Waals surface area contributed by atoms with E-state index < -0.39 is 0 Å². The first-order chi connectivity index (χ1) is 15.0. The zero-order chi connectivity index (χ0) is 22.2. The van der Waals surface area contributed by atoms with Crippen molar-refractivity contribution in [1.82, 2.24) is 0 Å². The van der Waals surface area contributed by atoms with Crippen LogP contribution in [0.3, 0.4) is 0 Å². The van der Waals surface area contributed by atoms with Gasteiger partial charge in [0, 0.05) is 18.0 Å². The molecule has 0 saturated heterocycles. The van der Waals surface area contributed by atoms with E-state index in [0.717, 1.165) is 33.4 Å². The average molecular weight is 411 g/mol. The Kier molecular flexibility index (Phi) is 7.37. The minimum absolute atomic E-state index is 0.226. The van der Waals surface area contributed by atoms with Crippen LogP contribution in [-0.2, 0) is 11.3 Å². The van der Waals surface area contributed by atoms with Gasteiger partial charge in [-0.25, -0.2) is 0 Å². The first kappa shape index (κ1) is 22.0. The largest absolute Gasteiger partial charge is 0.508 e. The van der Waals surface area contributed by atoms with Crippen molar-refractivity contribution in [1.29, 1.82) is 5.26 Å². The lowest BCUT2D eigenvalue weighted by Gasteiger charge is -2.21. The minimum atomic E-state index is -0.326. The van der Waals surface area contributed by atoms with Crippen LogP contribution < -0.4 is 0 Å². The zero-order valence-electron chi connectivity index (χ0n) is 18.0. The van der Waals surface area contributed by atoms with Crippen LogP contribution in [0, 0.1) is 18.3 Å². The van der Waals surface area contributed by atoms with E-state index in [9.17, 15) is 10.4 Å². The number of nitrogens with zero attached hydrogens (tertiary/aromatic N) is 2. The van der Waals surface area contributed by atoms with Crippen molar-refractivity contribution in [2.24, 2.45) is 4.99 Å². The molecular formula is C27H26N2O2. The molecule has 1 unspecified atom stereocenters. The topological polar surface area (TPSA) is 65.6 Å². The SMILES string of the molecule is CC=N/C=C(\C)C(OCc1ccc(O)cc1)c1ccc(C#N)c(-c2ccccc2C)c1. The highest BCUT2D eigenvalue weighted by atomic mass is 16.5. The molecule has 3 aromatic rings. The summed E-state index contributed by atoms with van der Waals surface area (Å²) in [5, 5.41) is 19.2. The molecule has 0 fully saturated rings. The van der Waals surface area contributed by atoms with Crippen LogP contribution in [0.5, 0.6) is 5.75 Å². The van der Waals surface area contributed by atoms with E-state index in [4.69, 9.17) is 4.74 Å². The lowest BCUT2D eigenvalue weighted by atomic mass is 9.92. The number of hydrogen-bond acceptors (Lipinski definition) is 4. The van der Waals surface area contributed by atoms with Gasteiger partial charge in [0.25, 0.3) is 0 Å². The predicted molar refractivity (Wildman–Crippen MR) is 125 cm³/mol. The summed E-state index contributed by atoms with van der Waals surface area (Å²) in [5.74, 6) is 0.226. The van der Waals surface area contributed by atoms with E-state index in [1.165, 1.54) is 0 Å².